The second kappa shape index (κ2) is 10.9. The molecular weight excluding hydrogens is 342 g/mol. The molecule has 1 aromatic heterocycles. The summed E-state index contributed by atoms with van der Waals surface area (Å²) in [5.41, 5.74) is 0.0780. The number of rotatable bonds is 8. The Balaban J connectivity index is 1.75. The lowest BCUT2D eigenvalue weighted by Gasteiger charge is -2.22. The van der Waals surface area contributed by atoms with E-state index in [-0.39, 0.29) is 5.41 Å². The average Bonchev–Trinajstić information content (AvgIpc) is 3.08. The van der Waals surface area contributed by atoms with Crippen LogP contribution in [-0.4, -0.2) is 75.2 Å². The Kier molecular flexibility index (Phi) is 8.88. The van der Waals surface area contributed by atoms with Crippen LogP contribution in [0.5, 0.6) is 0 Å². The number of guanidine groups is 1. The van der Waals surface area contributed by atoms with E-state index in [9.17, 15) is 0 Å². The van der Waals surface area contributed by atoms with Gasteiger partial charge in [-0.1, -0.05) is 19.9 Å². The summed E-state index contributed by atoms with van der Waals surface area (Å²) in [7, 11) is 2.22. The van der Waals surface area contributed by atoms with E-state index >= 15 is 0 Å². The van der Waals surface area contributed by atoms with E-state index in [1.165, 1.54) is 44.0 Å². The van der Waals surface area contributed by atoms with Gasteiger partial charge in [0.05, 0.1) is 6.54 Å². The molecule has 6 heteroatoms. The fourth-order valence-electron chi connectivity index (χ4n) is 3.19. The zero-order chi connectivity index (χ0) is 18.8. The lowest BCUT2D eigenvalue weighted by atomic mass is 9.92. The topological polar surface area (TPSA) is 42.9 Å². The number of nitrogens with zero attached hydrogens (tertiary/aromatic N) is 3. The van der Waals surface area contributed by atoms with Gasteiger partial charge < -0.3 is 20.4 Å². The highest BCUT2D eigenvalue weighted by Gasteiger charge is 2.21. The number of likely N-dealkylation sites (N-methyl/N-ethyl adjacent to an activating group) is 1. The number of hydrogen-bond donors (Lipinski definition) is 2. The van der Waals surface area contributed by atoms with Crippen LogP contribution < -0.4 is 10.6 Å². The number of nitrogens with one attached hydrogen (secondary N) is 2. The van der Waals surface area contributed by atoms with Gasteiger partial charge in [0.15, 0.2) is 5.96 Å². The summed E-state index contributed by atoms with van der Waals surface area (Å²) < 4.78 is 0. The van der Waals surface area contributed by atoms with Crippen LogP contribution in [0.1, 0.15) is 38.5 Å². The molecule has 1 fully saturated rings. The van der Waals surface area contributed by atoms with Gasteiger partial charge in [-0.2, -0.15) is 0 Å². The molecule has 0 aliphatic carbocycles. The van der Waals surface area contributed by atoms with E-state index in [0.717, 1.165) is 32.0 Å². The molecule has 26 heavy (non-hydrogen) atoms. The maximum Gasteiger partial charge on any atom is 0.191 e. The highest BCUT2D eigenvalue weighted by Crippen LogP contribution is 2.27. The molecule has 2 heterocycles. The Morgan fingerprint density at radius 3 is 2.81 bits per heavy atom. The van der Waals surface area contributed by atoms with Gasteiger partial charge in [0.25, 0.3) is 0 Å². The molecule has 1 aromatic rings. The van der Waals surface area contributed by atoms with Crippen LogP contribution in [0.3, 0.4) is 0 Å². The van der Waals surface area contributed by atoms with E-state index in [2.05, 4.69) is 65.8 Å². The summed E-state index contributed by atoms with van der Waals surface area (Å²) in [5, 5.41) is 9.03. The monoisotopic (exact) mass is 379 g/mol. The van der Waals surface area contributed by atoms with E-state index in [0.29, 0.717) is 0 Å². The molecule has 0 unspecified atom stereocenters. The van der Waals surface area contributed by atoms with Crippen molar-refractivity contribution in [1.82, 2.24) is 20.4 Å². The smallest absolute Gasteiger partial charge is 0.191 e. The molecule has 148 valence electrons. The van der Waals surface area contributed by atoms with Crippen molar-refractivity contribution in [2.24, 2.45) is 4.99 Å². The summed E-state index contributed by atoms with van der Waals surface area (Å²) in [4.78, 5) is 11.2. The predicted octanol–water partition coefficient (Wildman–Crippen LogP) is 2.61. The van der Waals surface area contributed by atoms with Crippen molar-refractivity contribution in [3.8, 4) is 0 Å². The quantitative estimate of drug-likeness (QED) is 0.414. The molecule has 1 aliphatic heterocycles. The molecule has 0 spiro atoms. The van der Waals surface area contributed by atoms with Gasteiger partial charge in [-0.25, -0.2) is 0 Å². The second-order valence-electron chi connectivity index (χ2n) is 7.84. The first-order valence-electron chi connectivity index (χ1n) is 9.98. The van der Waals surface area contributed by atoms with Gasteiger partial charge in [-0.3, -0.25) is 4.99 Å². The first kappa shape index (κ1) is 21.2. The molecule has 5 nitrogen and oxygen atoms in total. The van der Waals surface area contributed by atoms with Crippen molar-refractivity contribution in [2.75, 3.05) is 59.4 Å². The van der Waals surface area contributed by atoms with Crippen LogP contribution >= 0.6 is 11.3 Å². The minimum Gasteiger partial charge on any atom is -0.357 e. The zero-order valence-corrected chi connectivity index (χ0v) is 17.9. The van der Waals surface area contributed by atoms with Crippen molar-refractivity contribution in [1.29, 1.82) is 0 Å². The van der Waals surface area contributed by atoms with E-state index in [1.54, 1.807) is 0 Å². The Bertz CT molecular complexity index is 526. The van der Waals surface area contributed by atoms with Gasteiger partial charge in [0.2, 0.25) is 0 Å². The lowest BCUT2D eigenvalue weighted by molar-refractivity contribution is 0.274. The molecular formula is C20H37N5S. The first-order chi connectivity index (χ1) is 12.5. The predicted molar refractivity (Wildman–Crippen MR) is 114 cm³/mol. The third-order valence-electron chi connectivity index (χ3n) is 4.92. The number of hydrogen-bond acceptors (Lipinski definition) is 4. The van der Waals surface area contributed by atoms with Crippen LogP contribution in [0.15, 0.2) is 22.5 Å². The van der Waals surface area contributed by atoms with Crippen LogP contribution in [0.4, 0.5) is 0 Å². The Morgan fingerprint density at radius 2 is 2.08 bits per heavy atom. The normalized spacial score (nSPS) is 17.9. The zero-order valence-electron chi connectivity index (χ0n) is 17.1. The van der Waals surface area contributed by atoms with Gasteiger partial charge in [-0.05, 0) is 57.9 Å². The molecule has 0 aromatic carbocycles. The van der Waals surface area contributed by atoms with Gasteiger partial charge in [0, 0.05) is 36.5 Å². The van der Waals surface area contributed by atoms with E-state index < -0.39 is 0 Å². The van der Waals surface area contributed by atoms with E-state index in [4.69, 9.17) is 4.99 Å². The maximum absolute atomic E-state index is 4.83. The van der Waals surface area contributed by atoms with Crippen molar-refractivity contribution in [3.63, 3.8) is 0 Å². The first-order valence-corrected chi connectivity index (χ1v) is 10.9. The largest absolute Gasteiger partial charge is 0.357 e. The third-order valence-corrected chi connectivity index (χ3v) is 6.16. The Morgan fingerprint density at radius 1 is 1.23 bits per heavy atom. The average molecular weight is 380 g/mol. The van der Waals surface area contributed by atoms with Crippen molar-refractivity contribution in [3.05, 3.63) is 22.4 Å². The van der Waals surface area contributed by atoms with Crippen LogP contribution in [-0.2, 0) is 5.41 Å². The van der Waals surface area contributed by atoms with Gasteiger partial charge >= 0.3 is 0 Å². The fraction of sp³-hybridized carbons (Fsp3) is 0.750. The molecule has 1 saturated heterocycles. The summed E-state index contributed by atoms with van der Waals surface area (Å²) in [6.07, 6.45) is 2.44. The fourth-order valence-corrected chi connectivity index (χ4v) is 4.04. The van der Waals surface area contributed by atoms with Crippen molar-refractivity contribution < 1.29 is 0 Å². The number of aliphatic imine (C=N–C) groups is 1. The molecule has 2 N–H and O–H groups in total. The summed E-state index contributed by atoms with van der Waals surface area (Å²) >= 11 is 1.81. The molecule has 0 radical (unpaired) electrons. The maximum atomic E-state index is 4.83. The third kappa shape index (κ3) is 7.25. The van der Waals surface area contributed by atoms with Gasteiger partial charge in [0.1, 0.15) is 0 Å². The molecule has 0 saturated carbocycles. The number of thiophene rings is 1. The SMILES string of the molecule is CCNC(=NCC(C)(C)c1cccs1)NCCCN1CCCN(C)CC1. The molecule has 0 bridgehead atoms. The van der Waals surface area contributed by atoms with Crippen LogP contribution in [0, 0.1) is 0 Å². The van der Waals surface area contributed by atoms with Crippen LogP contribution in [0.2, 0.25) is 0 Å². The Hall–Kier alpha value is -1.11. The molecule has 0 atom stereocenters. The van der Waals surface area contributed by atoms with Crippen LogP contribution in [0.25, 0.3) is 0 Å². The van der Waals surface area contributed by atoms with E-state index in [1.807, 2.05) is 11.3 Å². The van der Waals surface area contributed by atoms with Crippen molar-refractivity contribution >= 4 is 17.3 Å². The van der Waals surface area contributed by atoms with Gasteiger partial charge in [-0.15, -0.1) is 11.3 Å². The minimum atomic E-state index is 0.0780. The Labute approximate surface area is 163 Å². The molecule has 2 rings (SSSR count). The standard InChI is InChI=1S/C20H37N5S/c1-5-21-19(23-17-20(2,3)18-9-6-16-26-18)22-10-7-12-25-13-8-11-24(4)14-15-25/h6,9,16H,5,7-8,10-15,17H2,1-4H3,(H2,21,22,23). The molecule has 1 aliphatic rings. The highest BCUT2D eigenvalue weighted by molar-refractivity contribution is 7.10. The highest BCUT2D eigenvalue weighted by atomic mass is 32.1. The second-order valence-corrected chi connectivity index (χ2v) is 8.78. The summed E-state index contributed by atoms with van der Waals surface area (Å²) in [6, 6.07) is 4.33. The summed E-state index contributed by atoms with van der Waals surface area (Å²) in [6.45, 7) is 15.3. The lowest BCUT2D eigenvalue weighted by Crippen LogP contribution is -2.40. The minimum absolute atomic E-state index is 0.0780. The molecule has 0 amide bonds. The summed E-state index contributed by atoms with van der Waals surface area (Å²) in [5.74, 6) is 0.938. The van der Waals surface area contributed by atoms with Crippen molar-refractivity contribution in [2.45, 2.75) is 39.0 Å².